The molecule has 116 valence electrons. The Balaban J connectivity index is 1.64. The van der Waals surface area contributed by atoms with E-state index in [1.807, 2.05) is 17.6 Å². The molecule has 3 rings (SSSR count). The third kappa shape index (κ3) is 3.58. The van der Waals surface area contributed by atoms with Crippen molar-refractivity contribution < 1.29 is 4.74 Å². The fourth-order valence-electron chi connectivity index (χ4n) is 3.12. The molecule has 0 amide bonds. The number of morpholine rings is 1. The molecular weight excluding hydrogens is 282 g/mol. The van der Waals surface area contributed by atoms with Crippen LogP contribution in [0.2, 0.25) is 0 Å². The number of anilines is 1. The van der Waals surface area contributed by atoms with Crippen molar-refractivity contribution >= 4 is 22.6 Å². The van der Waals surface area contributed by atoms with Gasteiger partial charge in [-0.3, -0.25) is 5.01 Å². The molecule has 2 aliphatic heterocycles. The van der Waals surface area contributed by atoms with E-state index in [9.17, 15) is 0 Å². The quantitative estimate of drug-likeness (QED) is 0.803. The van der Waals surface area contributed by atoms with Gasteiger partial charge in [0.2, 0.25) is 0 Å². The van der Waals surface area contributed by atoms with Crippen molar-refractivity contribution in [2.24, 2.45) is 5.10 Å². The maximum Gasteiger partial charge on any atom is 0.0916 e. The summed E-state index contributed by atoms with van der Waals surface area (Å²) in [5.74, 6) is 0. The molecule has 0 spiro atoms. The van der Waals surface area contributed by atoms with Gasteiger partial charge in [-0.1, -0.05) is 0 Å². The minimum absolute atomic E-state index is 0.559. The van der Waals surface area contributed by atoms with Crippen LogP contribution >= 0.6 is 11.3 Å². The first kappa shape index (κ1) is 14.9. The smallest absolute Gasteiger partial charge is 0.0916 e. The highest BCUT2D eigenvalue weighted by atomic mass is 32.1. The van der Waals surface area contributed by atoms with Crippen LogP contribution in [-0.2, 0) is 4.74 Å². The zero-order valence-corrected chi connectivity index (χ0v) is 13.8. The number of hydrogen-bond donors (Lipinski definition) is 0. The van der Waals surface area contributed by atoms with Gasteiger partial charge >= 0.3 is 0 Å². The zero-order chi connectivity index (χ0) is 14.7. The van der Waals surface area contributed by atoms with Crippen LogP contribution in [0.15, 0.2) is 17.2 Å². The fourth-order valence-corrected chi connectivity index (χ4v) is 4.05. The molecule has 2 atom stereocenters. The fraction of sp³-hybridized carbons (Fsp3) is 0.688. The van der Waals surface area contributed by atoms with E-state index in [-0.39, 0.29) is 0 Å². The van der Waals surface area contributed by atoms with Crippen molar-refractivity contribution in [1.29, 1.82) is 0 Å². The maximum absolute atomic E-state index is 5.41. The largest absolute Gasteiger partial charge is 0.378 e. The van der Waals surface area contributed by atoms with E-state index < -0.39 is 0 Å². The van der Waals surface area contributed by atoms with Crippen LogP contribution in [0.25, 0.3) is 0 Å². The number of ether oxygens (including phenoxy) is 1. The van der Waals surface area contributed by atoms with Crippen molar-refractivity contribution in [3.05, 3.63) is 17.0 Å². The molecule has 3 heterocycles. The van der Waals surface area contributed by atoms with Crippen LogP contribution in [0, 0.1) is 0 Å². The van der Waals surface area contributed by atoms with Gasteiger partial charge in [0, 0.05) is 30.1 Å². The van der Waals surface area contributed by atoms with E-state index in [0.29, 0.717) is 12.1 Å². The van der Waals surface area contributed by atoms with Crippen molar-refractivity contribution in [2.45, 2.75) is 45.2 Å². The van der Waals surface area contributed by atoms with Crippen molar-refractivity contribution in [2.75, 3.05) is 31.2 Å². The van der Waals surface area contributed by atoms with Gasteiger partial charge in [-0.2, -0.15) is 5.10 Å². The lowest BCUT2D eigenvalue weighted by atomic mass is 10.00. The molecule has 0 saturated carbocycles. The maximum atomic E-state index is 5.41. The summed E-state index contributed by atoms with van der Waals surface area (Å²) in [5.41, 5.74) is 0. The van der Waals surface area contributed by atoms with Gasteiger partial charge in [0.1, 0.15) is 0 Å². The standard InChI is InChI=1S/C16H25N3OS/c1-13-4-3-5-14(2)19(13)17-12-15-6-7-16(21-15)18-8-10-20-11-9-18/h6-7,12-14H,3-5,8-11H2,1-2H3. The first-order valence-electron chi connectivity index (χ1n) is 7.99. The van der Waals surface area contributed by atoms with E-state index in [1.54, 1.807) is 0 Å². The number of rotatable bonds is 3. The Hall–Kier alpha value is -1.07. The predicted octanol–water partition coefficient (Wildman–Crippen LogP) is 3.18. The molecule has 1 aromatic rings. The highest BCUT2D eigenvalue weighted by Crippen LogP contribution is 2.27. The Labute approximate surface area is 131 Å². The lowest BCUT2D eigenvalue weighted by Gasteiger charge is -2.36. The normalized spacial score (nSPS) is 27.5. The van der Waals surface area contributed by atoms with Crippen LogP contribution in [0.4, 0.5) is 5.00 Å². The van der Waals surface area contributed by atoms with E-state index in [1.165, 1.54) is 29.1 Å². The van der Waals surface area contributed by atoms with Crippen molar-refractivity contribution in [3.8, 4) is 0 Å². The van der Waals surface area contributed by atoms with Crippen LogP contribution < -0.4 is 4.90 Å². The zero-order valence-electron chi connectivity index (χ0n) is 13.0. The average molecular weight is 307 g/mol. The van der Waals surface area contributed by atoms with Gasteiger partial charge in [-0.25, -0.2) is 0 Å². The predicted molar refractivity (Wildman–Crippen MR) is 89.6 cm³/mol. The molecule has 0 radical (unpaired) electrons. The summed E-state index contributed by atoms with van der Waals surface area (Å²) in [4.78, 5) is 3.64. The van der Waals surface area contributed by atoms with Gasteiger partial charge < -0.3 is 9.64 Å². The number of nitrogens with zero attached hydrogens (tertiary/aromatic N) is 3. The Morgan fingerprint density at radius 1 is 1.19 bits per heavy atom. The highest BCUT2D eigenvalue weighted by Gasteiger charge is 2.22. The number of hydrogen-bond acceptors (Lipinski definition) is 5. The Morgan fingerprint density at radius 2 is 1.90 bits per heavy atom. The van der Waals surface area contributed by atoms with Gasteiger partial charge in [-0.05, 0) is 45.2 Å². The van der Waals surface area contributed by atoms with Gasteiger partial charge in [0.15, 0.2) is 0 Å². The monoisotopic (exact) mass is 307 g/mol. The summed E-state index contributed by atoms with van der Waals surface area (Å²) in [6.07, 6.45) is 5.87. The molecule has 2 fully saturated rings. The number of thiophene rings is 1. The molecule has 0 aromatic carbocycles. The third-order valence-electron chi connectivity index (χ3n) is 4.40. The molecule has 5 heteroatoms. The van der Waals surface area contributed by atoms with Crippen LogP contribution in [0.3, 0.4) is 0 Å². The average Bonchev–Trinajstić information content (AvgIpc) is 2.97. The molecule has 1 aromatic heterocycles. The topological polar surface area (TPSA) is 28.1 Å². The first-order valence-corrected chi connectivity index (χ1v) is 8.80. The van der Waals surface area contributed by atoms with E-state index in [2.05, 4.69) is 35.9 Å². The van der Waals surface area contributed by atoms with Crippen LogP contribution in [0.1, 0.15) is 38.0 Å². The summed E-state index contributed by atoms with van der Waals surface area (Å²) < 4.78 is 5.41. The summed E-state index contributed by atoms with van der Waals surface area (Å²) in [6.45, 7) is 8.23. The second-order valence-corrected chi connectivity index (χ2v) is 7.12. The van der Waals surface area contributed by atoms with Crippen LogP contribution in [-0.4, -0.2) is 49.6 Å². The van der Waals surface area contributed by atoms with Gasteiger partial charge in [0.05, 0.1) is 24.4 Å². The lowest BCUT2D eigenvalue weighted by Crippen LogP contribution is -2.39. The summed E-state index contributed by atoms with van der Waals surface area (Å²) >= 11 is 1.82. The second-order valence-electron chi connectivity index (χ2n) is 6.03. The van der Waals surface area contributed by atoms with Gasteiger partial charge in [0.25, 0.3) is 0 Å². The molecule has 0 bridgehead atoms. The third-order valence-corrected chi connectivity index (χ3v) is 5.48. The molecule has 2 saturated heterocycles. The summed E-state index contributed by atoms with van der Waals surface area (Å²) in [5, 5.41) is 8.36. The highest BCUT2D eigenvalue weighted by molar-refractivity contribution is 7.17. The second kappa shape index (κ2) is 6.79. The molecule has 0 aliphatic carbocycles. The summed E-state index contributed by atoms with van der Waals surface area (Å²) in [7, 11) is 0. The lowest BCUT2D eigenvalue weighted by molar-refractivity contribution is 0.109. The first-order chi connectivity index (χ1) is 10.2. The SMILES string of the molecule is CC1CCCC(C)N1N=Cc1ccc(N2CCOCC2)s1. The van der Waals surface area contributed by atoms with Crippen molar-refractivity contribution in [1.82, 2.24) is 5.01 Å². The van der Waals surface area contributed by atoms with E-state index in [0.717, 1.165) is 26.3 Å². The Kier molecular flexibility index (Phi) is 4.80. The van der Waals surface area contributed by atoms with Crippen LogP contribution in [0.5, 0.6) is 0 Å². The molecule has 4 nitrogen and oxygen atoms in total. The Bertz CT molecular complexity index is 472. The van der Waals surface area contributed by atoms with Crippen molar-refractivity contribution in [3.63, 3.8) is 0 Å². The number of hydrazone groups is 1. The molecule has 21 heavy (non-hydrogen) atoms. The molecule has 2 unspecified atom stereocenters. The van der Waals surface area contributed by atoms with Gasteiger partial charge in [-0.15, -0.1) is 11.3 Å². The summed E-state index contributed by atoms with van der Waals surface area (Å²) in [6, 6.07) is 5.51. The molecular formula is C16H25N3OS. The van der Waals surface area contributed by atoms with E-state index >= 15 is 0 Å². The minimum Gasteiger partial charge on any atom is -0.378 e. The van der Waals surface area contributed by atoms with E-state index in [4.69, 9.17) is 9.84 Å². The molecule has 2 aliphatic rings. The molecule has 0 N–H and O–H groups in total. The number of piperidine rings is 1. The minimum atomic E-state index is 0.559. The Morgan fingerprint density at radius 3 is 2.62 bits per heavy atom.